The summed E-state index contributed by atoms with van der Waals surface area (Å²) in [4.78, 5) is 11.6. The zero-order valence-electron chi connectivity index (χ0n) is 10.2. The topological polar surface area (TPSA) is 72.2 Å². The summed E-state index contributed by atoms with van der Waals surface area (Å²) in [5.41, 5.74) is 6.59. The molecule has 0 aliphatic carbocycles. The quantitative estimate of drug-likeness (QED) is 0.790. The molecule has 0 fully saturated rings. The van der Waals surface area contributed by atoms with Gasteiger partial charge in [-0.3, -0.25) is 9.00 Å². The molecule has 0 spiro atoms. The minimum absolute atomic E-state index is 0.0164. The van der Waals surface area contributed by atoms with Gasteiger partial charge in [-0.05, 0) is 24.6 Å². The molecule has 0 saturated carbocycles. The van der Waals surface area contributed by atoms with E-state index in [0.717, 1.165) is 12.8 Å². The molecular weight excluding hydrogens is 272 g/mol. The predicted molar refractivity (Wildman–Crippen MR) is 77.3 cm³/mol. The Bertz CT molecular complexity index is 452. The van der Waals surface area contributed by atoms with Gasteiger partial charge in [-0.15, -0.1) is 0 Å². The summed E-state index contributed by atoms with van der Waals surface area (Å²) in [7, 11) is -1.10. The zero-order chi connectivity index (χ0) is 13.5. The lowest BCUT2D eigenvalue weighted by atomic mass is 10.3. The maximum atomic E-state index is 11.6. The van der Waals surface area contributed by atoms with Crippen molar-refractivity contribution >= 4 is 39.7 Å². The third kappa shape index (κ3) is 5.06. The highest BCUT2D eigenvalue weighted by Crippen LogP contribution is 2.22. The summed E-state index contributed by atoms with van der Waals surface area (Å²) >= 11 is 5.77. The number of halogens is 1. The molecule has 0 aromatic heterocycles. The smallest absolute Gasteiger partial charge is 0.236 e. The average molecular weight is 289 g/mol. The number of amides is 1. The number of benzene rings is 1. The summed E-state index contributed by atoms with van der Waals surface area (Å²) in [6.07, 6.45) is 1.84. The van der Waals surface area contributed by atoms with Gasteiger partial charge in [0.1, 0.15) is 5.75 Å². The summed E-state index contributed by atoms with van der Waals surface area (Å²) < 4.78 is 11.5. The number of nitrogens with one attached hydrogen (secondary N) is 1. The van der Waals surface area contributed by atoms with E-state index in [1.807, 2.05) is 6.92 Å². The Labute approximate surface area is 114 Å². The molecule has 0 radical (unpaired) electrons. The highest BCUT2D eigenvalue weighted by atomic mass is 35.5. The second-order valence-corrected chi connectivity index (χ2v) is 5.91. The number of carbonyl (C=O) groups is 1. The molecule has 1 unspecified atom stereocenters. The summed E-state index contributed by atoms with van der Waals surface area (Å²) in [6.45, 7) is 2.02. The number of rotatable bonds is 6. The van der Waals surface area contributed by atoms with Crippen LogP contribution in [0.2, 0.25) is 5.02 Å². The van der Waals surface area contributed by atoms with Crippen molar-refractivity contribution in [2.75, 3.05) is 22.6 Å². The molecule has 1 amide bonds. The molecule has 1 rings (SSSR count). The van der Waals surface area contributed by atoms with Crippen molar-refractivity contribution in [3.8, 4) is 0 Å². The van der Waals surface area contributed by atoms with Gasteiger partial charge < -0.3 is 11.1 Å². The Morgan fingerprint density at radius 2 is 2.22 bits per heavy atom. The fourth-order valence-corrected chi connectivity index (χ4v) is 2.58. The molecule has 0 heterocycles. The van der Waals surface area contributed by atoms with E-state index in [4.69, 9.17) is 17.3 Å². The van der Waals surface area contributed by atoms with Gasteiger partial charge in [0, 0.05) is 22.2 Å². The van der Waals surface area contributed by atoms with E-state index >= 15 is 0 Å². The zero-order valence-corrected chi connectivity index (χ0v) is 11.8. The third-order valence-electron chi connectivity index (χ3n) is 2.30. The van der Waals surface area contributed by atoms with Gasteiger partial charge in [-0.2, -0.15) is 0 Å². The predicted octanol–water partition coefficient (Wildman–Crippen LogP) is 2.41. The van der Waals surface area contributed by atoms with Crippen LogP contribution in [-0.2, 0) is 15.6 Å². The molecule has 0 aliphatic rings. The number of hydrogen-bond acceptors (Lipinski definition) is 3. The van der Waals surface area contributed by atoms with Crippen molar-refractivity contribution in [3.05, 3.63) is 23.2 Å². The van der Waals surface area contributed by atoms with Crippen molar-refractivity contribution < 1.29 is 9.00 Å². The highest BCUT2D eigenvalue weighted by Gasteiger charge is 2.08. The van der Waals surface area contributed by atoms with Gasteiger partial charge in [-0.1, -0.05) is 24.9 Å². The number of unbranched alkanes of at least 4 members (excludes halogenated alkanes) is 1. The molecule has 0 saturated heterocycles. The van der Waals surface area contributed by atoms with Gasteiger partial charge in [0.25, 0.3) is 0 Å². The van der Waals surface area contributed by atoms with Crippen LogP contribution in [0.25, 0.3) is 0 Å². The van der Waals surface area contributed by atoms with Gasteiger partial charge in [0.2, 0.25) is 5.91 Å². The van der Waals surface area contributed by atoms with Crippen LogP contribution < -0.4 is 11.1 Å². The number of carbonyl (C=O) groups excluding carboxylic acids is 1. The lowest BCUT2D eigenvalue weighted by molar-refractivity contribution is -0.113. The molecule has 4 nitrogen and oxygen atoms in total. The minimum atomic E-state index is -1.10. The minimum Gasteiger partial charge on any atom is -0.397 e. The first kappa shape index (κ1) is 15.0. The number of nitrogen functional groups attached to an aromatic ring is 1. The molecule has 100 valence electrons. The van der Waals surface area contributed by atoms with Crippen molar-refractivity contribution in [3.63, 3.8) is 0 Å². The molecular formula is C12H17ClN2O2S. The monoisotopic (exact) mass is 288 g/mol. The normalized spacial score (nSPS) is 12.1. The number of anilines is 2. The van der Waals surface area contributed by atoms with E-state index in [9.17, 15) is 9.00 Å². The first-order valence-corrected chi connectivity index (χ1v) is 7.59. The molecule has 3 N–H and O–H groups in total. The molecule has 0 bridgehead atoms. The second kappa shape index (κ2) is 7.38. The van der Waals surface area contributed by atoms with Crippen LogP contribution >= 0.6 is 11.6 Å². The van der Waals surface area contributed by atoms with E-state index in [1.165, 1.54) is 0 Å². The lowest BCUT2D eigenvalue weighted by Crippen LogP contribution is -2.20. The third-order valence-corrected chi connectivity index (χ3v) is 3.97. The summed E-state index contributed by atoms with van der Waals surface area (Å²) in [5.74, 6) is 0.307. The first-order chi connectivity index (χ1) is 8.52. The summed E-state index contributed by atoms with van der Waals surface area (Å²) in [6, 6.07) is 4.85. The van der Waals surface area contributed by atoms with E-state index in [1.54, 1.807) is 18.2 Å². The van der Waals surface area contributed by atoms with Crippen molar-refractivity contribution in [1.29, 1.82) is 0 Å². The average Bonchev–Trinajstić information content (AvgIpc) is 2.31. The van der Waals surface area contributed by atoms with Crippen molar-refractivity contribution in [1.82, 2.24) is 0 Å². The van der Waals surface area contributed by atoms with E-state index in [-0.39, 0.29) is 11.7 Å². The van der Waals surface area contributed by atoms with Crippen molar-refractivity contribution in [2.45, 2.75) is 19.8 Å². The van der Waals surface area contributed by atoms with Crippen LogP contribution in [0.4, 0.5) is 11.4 Å². The number of hydrogen-bond donors (Lipinski definition) is 2. The Kier molecular flexibility index (Phi) is 6.15. The fourth-order valence-electron chi connectivity index (χ4n) is 1.34. The van der Waals surface area contributed by atoms with Crippen LogP contribution in [0.5, 0.6) is 0 Å². The van der Waals surface area contributed by atoms with E-state index < -0.39 is 10.8 Å². The second-order valence-electron chi connectivity index (χ2n) is 3.93. The molecule has 1 atom stereocenters. The Morgan fingerprint density at radius 1 is 1.50 bits per heavy atom. The van der Waals surface area contributed by atoms with Gasteiger partial charge in [-0.25, -0.2) is 0 Å². The molecule has 0 aliphatic heterocycles. The largest absolute Gasteiger partial charge is 0.397 e. The van der Waals surface area contributed by atoms with Crippen LogP contribution in [-0.4, -0.2) is 21.6 Å². The molecule has 18 heavy (non-hydrogen) atoms. The summed E-state index contributed by atoms with van der Waals surface area (Å²) in [5, 5.41) is 3.09. The Balaban J connectivity index is 2.49. The van der Waals surface area contributed by atoms with Crippen LogP contribution in [0, 0.1) is 0 Å². The first-order valence-electron chi connectivity index (χ1n) is 5.72. The van der Waals surface area contributed by atoms with E-state index in [0.29, 0.717) is 22.2 Å². The highest BCUT2D eigenvalue weighted by molar-refractivity contribution is 7.85. The van der Waals surface area contributed by atoms with Gasteiger partial charge in [0.15, 0.2) is 0 Å². The van der Waals surface area contributed by atoms with Gasteiger partial charge >= 0.3 is 0 Å². The number of nitrogens with two attached hydrogens (primary N) is 1. The molecule has 1 aromatic carbocycles. The van der Waals surface area contributed by atoms with Crippen molar-refractivity contribution in [2.24, 2.45) is 0 Å². The van der Waals surface area contributed by atoms with Gasteiger partial charge in [0.05, 0.1) is 10.7 Å². The fraction of sp³-hybridized carbons (Fsp3) is 0.417. The lowest BCUT2D eigenvalue weighted by Gasteiger charge is -2.06. The molecule has 1 aromatic rings. The standard InChI is InChI=1S/C12H17ClN2O2S/c1-2-3-6-18(17)8-12(16)15-9-4-5-10(13)11(14)7-9/h4-5,7H,2-3,6,8,14H2,1H3,(H,15,16). The maximum Gasteiger partial charge on any atom is 0.236 e. The van der Waals surface area contributed by atoms with E-state index in [2.05, 4.69) is 5.32 Å². The van der Waals surface area contributed by atoms with Crippen LogP contribution in [0.3, 0.4) is 0 Å². The maximum absolute atomic E-state index is 11.6. The van der Waals surface area contributed by atoms with Crippen LogP contribution in [0.1, 0.15) is 19.8 Å². The Hall–Kier alpha value is -1.07. The molecule has 6 heteroatoms. The van der Waals surface area contributed by atoms with Crippen LogP contribution in [0.15, 0.2) is 18.2 Å². The SMILES string of the molecule is CCCCS(=O)CC(=O)Nc1ccc(Cl)c(N)c1. The Morgan fingerprint density at radius 3 is 2.83 bits per heavy atom.